The molecule has 0 spiro atoms. The van der Waals surface area contributed by atoms with E-state index in [1.807, 2.05) is 18.2 Å². The third-order valence-corrected chi connectivity index (χ3v) is 3.97. The predicted molar refractivity (Wildman–Crippen MR) is 88.4 cm³/mol. The number of rotatable bonds is 4. The van der Waals surface area contributed by atoms with Crippen LogP contribution in [0.5, 0.6) is 0 Å². The number of halogens is 3. The molecule has 1 N–H and O–H groups in total. The predicted octanol–water partition coefficient (Wildman–Crippen LogP) is 3.37. The van der Waals surface area contributed by atoms with Crippen LogP contribution in [0.15, 0.2) is 30.9 Å². The fourth-order valence-electron chi connectivity index (χ4n) is 2.39. The lowest BCUT2D eigenvalue weighted by molar-refractivity contribution is 0.171. The zero-order chi connectivity index (χ0) is 13.0. The first kappa shape index (κ1) is 16.9. The van der Waals surface area contributed by atoms with Gasteiger partial charge in [0.1, 0.15) is 5.82 Å². The van der Waals surface area contributed by atoms with E-state index in [0.29, 0.717) is 0 Å². The highest BCUT2D eigenvalue weighted by Gasteiger charge is 2.23. The van der Waals surface area contributed by atoms with Crippen LogP contribution in [-0.4, -0.2) is 31.1 Å². The molecule has 0 radical (unpaired) electrons. The molecule has 0 aliphatic carbocycles. The second kappa shape index (κ2) is 8.19. The summed E-state index contributed by atoms with van der Waals surface area (Å²) in [5, 5.41) is 3.33. The zero-order valence-corrected chi connectivity index (χ0v) is 13.7. The number of nitrogens with zero attached hydrogens (tertiary/aromatic N) is 1. The van der Waals surface area contributed by atoms with Crippen LogP contribution in [0.25, 0.3) is 0 Å². The molecule has 1 aliphatic heterocycles. The summed E-state index contributed by atoms with van der Waals surface area (Å²) in [5.74, 6) is -0.110. The van der Waals surface area contributed by atoms with E-state index in [1.54, 1.807) is 6.07 Å². The molecular weight excluding hydrogens is 378 g/mol. The van der Waals surface area contributed by atoms with Crippen LogP contribution < -0.4 is 5.32 Å². The topological polar surface area (TPSA) is 15.3 Å². The SMILES string of the molecule is C=CC[C@H](c1cc(I)ccc1F)N1CCNCC1.Cl. The molecule has 1 aromatic rings. The van der Waals surface area contributed by atoms with Crippen LogP contribution in [0.3, 0.4) is 0 Å². The Kier molecular flexibility index (Phi) is 7.28. The summed E-state index contributed by atoms with van der Waals surface area (Å²) in [6, 6.07) is 5.43. The maximum Gasteiger partial charge on any atom is 0.128 e. The molecule has 0 aromatic heterocycles. The third-order valence-electron chi connectivity index (χ3n) is 3.30. The number of piperazine rings is 1. The second-order valence-corrected chi connectivity index (χ2v) is 5.74. The molecular formula is C14H19ClFIN2. The Hall–Kier alpha value is -0.170. The molecule has 0 bridgehead atoms. The van der Waals surface area contributed by atoms with Gasteiger partial charge in [-0.3, -0.25) is 4.90 Å². The lowest BCUT2D eigenvalue weighted by Crippen LogP contribution is -2.45. The van der Waals surface area contributed by atoms with Crippen molar-refractivity contribution >= 4 is 35.0 Å². The summed E-state index contributed by atoms with van der Waals surface area (Å²) in [7, 11) is 0. The van der Waals surface area contributed by atoms with Gasteiger partial charge in [0.2, 0.25) is 0 Å². The van der Waals surface area contributed by atoms with Crippen molar-refractivity contribution in [1.82, 2.24) is 10.2 Å². The maximum absolute atomic E-state index is 14.0. The number of hydrogen-bond donors (Lipinski definition) is 1. The summed E-state index contributed by atoms with van der Waals surface area (Å²) in [6.45, 7) is 7.67. The number of benzene rings is 1. The highest BCUT2D eigenvalue weighted by molar-refractivity contribution is 14.1. The van der Waals surface area contributed by atoms with Gasteiger partial charge in [-0.1, -0.05) is 6.08 Å². The Morgan fingerprint density at radius 3 is 2.74 bits per heavy atom. The van der Waals surface area contributed by atoms with E-state index in [1.165, 1.54) is 0 Å². The molecule has 1 atom stereocenters. The standard InChI is InChI=1S/C14H18FIN2.ClH/c1-2-3-14(18-8-6-17-7-9-18)12-10-11(16)4-5-13(12)15;/h2,4-5,10,14,17H,1,3,6-9H2;1H/t14-;/m1./s1. The summed E-state index contributed by atoms with van der Waals surface area (Å²) >= 11 is 2.23. The van der Waals surface area contributed by atoms with Gasteiger partial charge in [-0.2, -0.15) is 0 Å². The highest BCUT2D eigenvalue weighted by atomic mass is 127. The molecule has 19 heavy (non-hydrogen) atoms. The molecule has 5 heteroatoms. The van der Waals surface area contributed by atoms with E-state index < -0.39 is 0 Å². The average Bonchev–Trinajstić information content (AvgIpc) is 2.40. The van der Waals surface area contributed by atoms with Crippen molar-refractivity contribution in [3.63, 3.8) is 0 Å². The quantitative estimate of drug-likeness (QED) is 0.620. The van der Waals surface area contributed by atoms with Crippen LogP contribution in [0.1, 0.15) is 18.0 Å². The fourth-order valence-corrected chi connectivity index (χ4v) is 2.91. The Labute approximate surface area is 134 Å². The van der Waals surface area contributed by atoms with Crippen molar-refractivity contribution in [2.24, 2.45) is 0 Å². The van der Waals surface area contributed by atoms with Gasteiger partial charge in [0, 0.05) is 41.4 Å². The molecule has 106 valence electrons. The molecule has 1 aromatic carbocycles. The Bertz CT molecular complexity index is 422. The summed E-state index contributed by atoms with van der Waals surface area (Å²) in [5.41, 5.74) is 0.795. The Morgan fingerprint density at radius 1 is 1.42 bits per heavy atom. The van der Waals surface area contributed by atoms with Gasteiger partial charge >= 0.3 is 0 Å². The highest BCUT2D eigenvalue weighted by Crippen LogP contribution is 2.28. The van der Waals surface area contributed by atoms with Crippen molar-refractivity contribution in [3.05, 3.63) is 45.8 Å². The fraction of sp³-hybridized carbons (Fsp3) is 0.429. The van der Waals surface area contributed by atoms with E-state index in [4.69, 9.17) is 0 Å². The lowest BCUT2D eigenvalue weighted by Gasteiger charge is -2.35. The second-order valence-electron chi connectivity index (χ2n) is 4.49. The molecule has 2 nitrogen and oxygen atoms in total. The van der Waals surface area contributed by atoms with Crippen LogP contribution in [-0.2, 0) is 0 Å². The minimum Gasteiger partial charge on any atom is -0.314 e. The van der Waals surface area contributed by atoms with Crippen molar-refractivity contribution in [3.8, 4) is 0 Å². The van der Waals surface area contributed by atoms with Crippen molar-refractivity contribution < 1.29 is 4.39 Å². The van der Waals surface area contributed by atoms with Gasteiger partial charge in [0.15, 0.2) is 0 Å². The molecule has 0 saturated carbocycles. The van der Waals surface area contributed by atoms with Crippen molar-refractivity contribution in [2.75, 3.05) is 26.2 Å². The van der Waals surface area contributed by atoms with Crippen molar-refractivity contribution in [1.29, 1.82) is 0 Å². The molecule has 1 fully saturated rings. The number of hydrogen-bond acceptors (Lipinski definition) is 2. The molecule has 1 heterocycles. The van der Waals surface area contributed by atoms with E-state index in [2.05, 4.69) is 39.4 Å². The normalized spacial score (nSPS) is 17.6. The molecule has 1 aliphatic rings. The molecule has 0 unspecified atom stereocenters. The van der Waals surface area contributed by atoms with Crippen molar-refractivity contribution in [2.45, 2.75) is 12.5 Å². The first-order valence-electron chi connectivity index (χ1n) is 6.23. The van der Waals surface area contributed by atoms with E-state index in [9.17, 15) is 4.39 Å². The summed E-state index contributed by atoms with van der Waals surface area (Å²) in [4.78, 5) is 2.34. The van der Waals surface area contributed by atoms with Gasteiger partial charge in [-0.25, -0.2) is 4.39 Å². The zero-order valence-electron chi connectivity index (χ0n) is 10.7. The van der Waals surface area contributed by atoms with Gasteiger partial charge in [-0.05, 0) is 47.2 Å². The smallest absolute Gasteiger partial charge is 0.128 e. The minimum absolute atomic E-state index is 0. The van der Waals surface area contributed by atoms with Crippen LogP contribution in [0.4, 0.5) is 4.39 Å². The first-order valence-corrected chi connectivity index (χ1v) is 7.31. The van der Waals surface area contributed by atoms with Crippen LogP contribution in [0.2, 0.25) is 0 Å². The Balaban J connectivity index is 0.00000180. The van der Waals surface area contributed by atoms with Crippen LogP contribution in [0, 0.1) is 9.39 Å². The molecule has 2 rings (SSSR count). The van der Waals surface area contributed by atoms with Gasteiger partial charge < -0.3 is 5.32 Å². The first-order chi connectivity index (χ1) is 8.72. The van der Waals surface area contributed by atoms with E-state index in [-0.39, 0.29) is 24.3 Å². The van der Waals surface area contributed by atoms with E-state index >= 15 is 0 Å². The molecule has 0 amide bonds. The number of nitrogens with one attached hydrogen (secondary N) is 1. The summed E-state index contributed by atoms with van der Waals surface area (Å²) in [6.07, 6.45) is 2.67. The Morgan fingerprint density at radius 2 is 2.11 bits per heavy atom. The largest absolute Gasteiger partial charge is 0.314 e. The maximum atomic E-state index is 14.0. The average molecular weight is 397 g/mol. The minimum atomic E-state index is -0.110. The lowest BCUT2D eigenvalue weighted by atomic mass is 10.0. The monoisotopic (exact) mass is 396 g/mol. The van der Waals surface area contributed by atoms with E-state index in [0.717, 1.165) is 41.7 Å². The molecule has 1 saturated heterocycles. The van der Waals surface area contributed by atoms with Gasteiger partial charge in [0.25, 0.3) is 0 Å². The third kappa shape index (κ3) is 4.41. The van der Waals surface area contributed by atoms with Gasteiger partial charge in [0.05, 0.1) is 0 Å². The van der Waals surface area contributed by atoms with Gasteiger partial charge in [-0.15, -0.1) is 19.0 Å². The van der Waals surface area contributed by atoms with Crippen LogP contribution >= 0.6 is 35.0 Å². The summed E-state index contributed by atoms with van der Waals surface area (Å²) < 4.78 is 15.1.